The van der Waals surface area contributed by atoms with E-state index in [2.05, 4.69) is 5.16 Å². The zero-order valence-electron chi connectivity index (χ0n) is 1.89. The molecule has 0 rings (SSSR count). The van der Waals surface area contributed by atoms with E-state index in [1.807, 2.05) is 0 Å². The van der Waals surface area contributed by atoms with Gasteiger partial charge in [-0.1, -0.05) is 0 Å². The Balaban J connectivity index is 3.11. The minimum atomic E-state index is 1.36. The van der Waals surface area contributed by atoms with Crippen molar-refractivity contribution >= 4 is 6.01 Å². The predicted octanol–water partition coefficient (Wildman–Crippen LogP) is 0.128. The Bertz CT molecular complexity index is 44.0. The molecule has 0 aliphatic heterocycles. The Morgan fingerprint density at radius 3 is 2.25 bits per heavy atom. The van der Waals surface area contributed by atoms with Crippen molar-refractivity contribution in [2.75, 3.05) is 0 Å². The number of nitrogens with zero attached hydrogens (tertiary/aromatic N) is 1. The molecule has 0 aromatic carbocycles. The Morgan fingerprint density at radius 1 is 2.00 bits per heavy atom. The van der Waals surface area contributed by atoms with Gasteiger partial charge in [-0.2, -0.15) is 0 Å². The van der Waals surface area contributed by atoms with Crippen molar-refractivity contribution in [1.29, 1.82) is 5.41 Å². The van der Waals surface area contributed by atoms with Crippen molar-refractivity contribution < 1.29 is 5.21 Å². The highest BCUT2D eigenvalue weighted by molar-refractivity contribution is 5.33. The maximum absolute atomic E-state index is 7.20. The smallest absolute Gasteiger partial charge is 0.132 e. The maximum atomic E-state index is 7.20. The van der Waals surface area contributed by atoms with Gasteiger partial charge in [-0.05, 0) is 5.16 Å². The lowest BCUT2D eigenvalue weighted by molar-refractivity contribution is 0.322. The van der Waals surface area contributed by atoms with Crippen LogP contribution in [0.2, 0.25) is 0 Å². The van der Waals surface area contributed by atoms with Gasteiger partial charge in [-0.25, -0.2) is 5.41 Å². The number of nitrogens with one attached hydrogen (secondary N) is 1. The molecule has 0 bridgehead atoms. The predicted molar refractivity (Wildman–Crippen MR) is 11.9 cm³/mol. The molecule has 3 heteroatoms. The molecule has 0 amide bonds. The van der Waals surface area contributed by atoms with Gasteiger partial charge in [0.15, 0.2) is 0 Å². The van der Waals surface area contributed by atoms with Gasteiger partial charge in [0, 0.05) is 0 Å². The van der Waals surface area contributed by atoms with Crippen molar-refractivity contribution in [2.45, 2.75) is 0 Å². The van der Waals surface area contributed by atoms with Gasteiger partial charge in [0.2, 0.25) is 0 Å². The van der Waals surface area contributed by atoms with Gasteiger partial charge in [-0.3, -0.25) is 0 Å². The highest BCUT2D eigenvalue weighted by Gasteiger charge is 1.24. The van der Waals surface area contributed by atoms with Crippen LogP contribution >= 0.6 is 0 Å². The normalized spacial score (nSPS) is 4.00. The van der Waals surface area contributed by atoms with Gasteiger partial charge in [-0.15, -0.1) is 0 Å². The molecule has 0 atom stereocenters. The third-order valence-electron chi connectivity index (χ3n) is 0.0500. The molecular formula is CH2N2O. The van der Waals surface area contributed by atoms with E-state index in [0.717, 1.165) is 0 Å². The molecule has 3 nitrogen and oxygen atoms in total. The van der Waals surface area contributed by atoms with Crippen molar-refractivity contribution in [2.24, 2.45) is 5.16 Å². The second kappa shape index (κ2) is 2.18. The Labute approximate surface area is 23.1 Å². The lowest BCUT2D eigenvalue weighted by Gasteiger charge is -1.43. The van der Waals surface area contributed by atoms with E-state index < -0.39 is 0 Å². The molecule has 4 heavy (non-hydrogen) atoms. The minimum absolute atomic E-state index is 1.36. The van der Waals surface area contributed by atoms with Crippen LogP contribution in [0.15, 0.2) is 5.16 Å². The zero-order valence-corrected chi connectivity index (χ0v) is 1.89. The highest BCUT2D eigenvalue weighted by atomic mass is 16.4. The van der Waals surface area contributed by atoms with Crippen molar-refractivity contribution in [3.63, 3.8) is 0 Å². The average Bonchev–Trinajstić information content (AvgIpc) is 1.37. The molecule has 0 saturated heterocycles. The highest BCUT2D eigenvalue weighted by Crippen LogP contribution is 1.27. The third kappa shape index (κ3) is 1.18. The van der Waals surface area contributed by atoms with Crippen LogP contribution in [-0.4, -0.2) is 11.2 Å². The number of rotatable bonds is 0. The summed E-state index contributed by atoms with van der Waals surface area (Å²) in [7, 11) is 0. The van der Waals surface area contributed by atoms with E-state index in [4.69, 9.17) is 10.6 Å². The fourth-order valence-corrected chi connectivity index (χ4v) is 0. The molecule has 0 aromatic heterocycles. The van der Waals surface area contributed by atoms with Crippen molar-refractivity contribution in [3.05, 3.63) is 0 Å². The van der Waals surface area contributed by atoms with Crippen LogP contribution in [0.1, 0.15) is 0 Å². The Hall–Kier alpha value is -0.820. The first-order chi connectivity index (χ1) is 1.91. The Kier molecular flexibility index (Phi) is 1.73. The summed E-state index contributed by atoms with van der Waals surface area (Å²) in [5.74, 6) is 0. The summed E-state index contributed by atoms with van der Waals surface area (Å²) in [6.07, 6.45) is 0. The summed E-state index contributed by atoms with van der Waals surface area (Å²) in [5.41, 5.74) is 0. The van der Waals surface area contributed by atoms with Crippen LogP contribution in [-0.2, 0) is 0 Å². The minimum Gasteiger partial charge on any atom is -0.403 e. The molecule has 22 valence electrons. The fourth-order valence-electron chi connectivity index (χ4n) is 0. The summed E-state index contributed by atoms with van der Waals surface area (Å²) >= 11 is 0. The van der Waals surface area contributed by atoms with Gasteiger partial charge in [0.05, 0.1) is 0 Å². The van der Waals surface area contributed by atoms with Gasteiger partial charge < -0.3 is 5.21 Å². The summed E-state index contributed by atoms with van der Waals surface area (Å²) in [6, 6.07) is 1.36. The van der Waals surface area contributed by atoms with E-state index in [0.29, 0.717) is 0 Å². The van der Waals surface area contributed by atoms with Gasteiger partial charge in [0.25, 0.3) is 0 Å². The lowest BCUT2D eigenvalue weighted by atomic mass is 11.6. The zero-order chi connectivity index (χ0) is 3.41. The second-order valence-corrected chi connectivity index (χ2v) is 0.212. The number of hydrogen-bond acceptors (Lipinski definition) is 3. The fraction of sp³-hybridized carbons (Fsp3) is 0. The molecule has 0 aromatic rings. The molecule has 0 aliphatic carbocycles. The molecule has 0 heterocycles. The first-order valence-corrected chi connectivity index (χ1v) is 0.674. The molecular weight excluding hydrogens is 56.0 g/mol. The Morgan fingerprint density at radius 2 is 2.25 bits per heavy atom. The second-order valence-electron chi connectivity index (χ2n) is 0.212. The lowest BCUT2D eigenvalue weighted by Crippen LogP contribution is -1.38. The van der Waals surface area contributed by atoms with Crippen molar-refractivity contribution in [3.8, 4) is 0 Å². The van der Waals surface area contributed by atoms with E-state index in [9.17, 15) is 0 Å². The van der Waals surface area contributed by atoms with Crippen LogP contribution in [0, 0.1) is 5.41 Å². The molecule has 0 radical (unpaired) electrons. The third-order valence-corrected chi connectivity index (χ3v) is 0.0500. The topological polar surface area (TPSA) is 56.4 Å². The molecule has 0 spiro atoms. The number of hydrogen-bond donors (Lipinski definition) is 2. The van der Waals surface area contributed by atoms with Crippen molar-refractivity contribution in [1.82, 2.24) is 0 Å². The van der Waals surface area contributed by atoms with Crippen LogP contribution < -0.4 is 0 Å². The van der Waals surface area contributed by atoms with E-state index in [1.54, 1.807) is 0 Å². The van der Waals surface area contributed by atoms with Crippen LogP contribution in [0.4, 0.5) is 0 Å². The van der Waals surface area contributed by atoms with E-state index in [1.165, 1.54) is 6.01 Å². The van der Waals surface area contributed by atoms with Crippen LogP contribution in [0.25, 0.3) is 0 Å². The first-order valence-electron chi connectivity index (χ1n) is 0.674. The quantitative estimate of drug-likeness (QED) is 0.232. The van der Waals surface area contributed by atoms with E-state index in [-0.39, 0.29) is 0 Å². The summed E-state index contributed by atoms with van der Waals surface area (Å²) in [4.78, 5) is 0. The standard InChI is InChI=1S/CH2N2O/c2-1-3-4/h2,4H. The molecule has 0 saturated carbocycles. The molecule has 2 N–H and O–H groups in total. The summed E-state index contributed by atoms with van der Waals surface area (Å²) in [6.45, 7) is 0. The average molecular weight is 58.0 g/mol. The monoisotopic (exact) mass is 58.0 g/mol. The van der Waals surface area contributed by atoms with Crippen LogP contribution in [0.3, 0.4) is 0 Å². The van der Waals surface area contributed by atoms with Crippen LogP contribution in [0.5, 0.6) is 0 Å². The summed E-state index contributed by atoms with van der Waals surface area (Å²) < 4.78 is 0. The first kappa shape index (κ1) is 3.18. The van der Waals surface area contributed by atoms with E-state index >= 15 is 0 Å². The molecule has 0 unspecified atom stereocenters. The largest absolute Gasteiger partial charge is 0.403 e. The van der Waals surface area contributed by atoms with Gasteiger partial charge in [0.1, 0.15) is 6.01 Å². The van der Waals surface area contributed by atoms with Gasteiger partial charge >= 0.3 is 0 Å². The summed E-state index contributed by atoms with van der Waals surface area (Å²) in [5, 5.41) is 15.1. The SMILES string of the molecule is N=C=NO. The maximum Gasteiger partial charge on any atom is 0.132 e. The molecule has 0 aliphatic rings. The molecule has 0 fully saturated rings.